The normalized spacial score (nSPS) is 12.5. The summed E-state index contributed by atoms with van der Waals surface area (Å²) in [4.78, 5) is 10.4. The van der Waals surface area contributed by atoms with E-state index >= 15 is 0 Å². The second-order valence-electron chi connectivity index (χ2n) is 3.57. The van der Waals surface area contributed by atoms with E-state index in [-0.39, 0.29) is 21.8 Å². The fraction of sp³-hybridized carbons (Fsp3) is 0.400. The molecule has 1 aromatic rings. The van der Waals surface area contributed by atoms with Crippen LogP contribution >= 0.6 is 23.2 Å². The lowest BCUT2D eigenvalue weighted by Gasteiger charge is -2.11. The molecule has 0 radical (unpaired) electrons. The number of halogens is 2. The molecule has 0 fully saturated rings. The SMILES string of the molecule is COCC(N)Cc1cc(Cl)c(Cl)cc1[N+](=O)[O-]. The number of benzene rings is 1. The number of nitro groups is 1. The molecule has 0 aliphatic rings. The fourth-order valence-corrected chi connectivity index (χ4v) is 1.81. The molecule has 0 aromatic heterocycles. The molecule has 7 heteroatoms. The van der Waals surface area contributed by atoms with Crippen LogP contribution in [0.3, 0.4) is 0 Å². The van der Waals surface area contributed by atoms with E-state index in [1.165, 1.54) is 19.2 Å². The van der Waals surface area contributed by atoms with Crippen LogP contribution < -0.4 is 5.73 Å². The van der Waals surface area contributed by atoms with Crippen molar-refractivity contribution in [2.75, 3.05) is 13.7 Å². The van der Waals surface area contributed by atoms with Crippen LogP contribution in [-0.4, -0.2) is 24.7 Å². The Balaban J connectivity index is 3.04. The Morgan fingerprint density at radius 3 is 2.59 bits per heavy atom. The van der Waals surface area contributed by atoms with E-state index in [9.17, 15) is 10.1 Å². The second kappa shape index (κ2) is 6.16. The lowest BCUT2D eigenvalue weighted by Crippen LogP contribution is -2.28. The van der Waals surface area contributed by atoms with E-state index in [1.54, 1.807) is 0 Å². The zero-order valence-electron chi connectivity index (χ0n) is 9.15. The van der Waals surface area contributed by atoms with Gasteiger partial charge in [-0.2, -0.15) is 0 Å². The van der Waals surface area contributed by atoms with Crippen molar-refractivity contribution >= 4 is 28.9 Å². The van der Waals surface area contributed by atoms with Gasteiger partial charge in [0.15, 0.2) is 0 Å². The van der Waals surface area contributed by atoms with E-state index in [2.05, 4.69) is 0 Å². The van der Waals surface area contributed by atoms with E-state index in [0.717, 1.165) is 0 Å². The van der Waals surface area contributed by atoms with Gasteiger partial charge in [0, 0.05) is 24.8 Å². The van der Waals surface area contributed by atoms with E-state index in [0.29, 0.717) is 18.6 Å². The minimum Gasteiger partial charge on any atom is -0.383 e. The molecular weight excluding hydrogens is 267 g/mol. The smallest absolute Gasteiger partial charge is 0.274 e. The third kappa shape index (κ3) is 3.81. The summed E-state index contributed by atoms with van der Waals surface area (Å²) in [6.45, 7) is 0.317. The van der Waals surface area contributed by atoms with Gasteiger partial charge in [-0.05, 0) is 12.5 Å². The van der Waals surface area contributed by atoms with Crippen molar-refractivity contribution in [3.8, 4) is 0 Å². The molecule has 0 saturated heterocycles. The molecule has 0 aliphatic carbocycles. The first-order valence-electron chi connectivity index (χ1n) is 4.82. The van der Waals surface area contributed by atoms with Gasteiger partial charge in [-0.25, -0.2) is 0 Å². The molecule has 1 rings (SSSR count). The van der Waals surface area contributed by atoms with Crippen molar-refractivity contribution in [3.05, 3.63) is 37.9 Å². The molecule has 5 nitrogen and oxygen atoms in total. The zero-order valence-corrected chi connectivity index (χ0v) is 10.7. The van der Waals surface area contributed by atoms with Crippen LogP contribution in [0.4, 0.5) is 5.69 Å². The van der Waals surface area contributed by atoms with E-state index in [4.69, 9.17) is 33.7 Å². The van der Waals surface area contributed by atoms with Gasteiger partial charge in [-0.3, -0.25) is 10.1 Å². The van der Waals surface area contributed by atoms with Crippen molar-refractivity contribution in [2.24, 2.45) is 5.73 Å². The van der Waals surface area contributed by atoms with E-state index < -0.39 is 4.92 Å². The number of nitro benzene ring substituents is 1. The molecular formula is C10H12Cl2N2O3. The number of rotatable bonds is 5. The molecule has 94 valence electrons. The predicted octanol–water partition coefficient (Wildman–Crippen LogP) is 2.42. The number of nitrogens with two attached hydrogens (primary N) is 1. The Morgan fingerprint density at radius 1 is 1.47 bits per heavy atom. The number of methoxy groups -OCH3 is 1. The first-order chi connectivity index (χ1) is 7.95. The lowest BCUT2D eigenvalue weighted by atomic mass is 10.1. The fourth-order valence-electron chi connectivity index (χ4n) is 1.47. The van der Waals surface area contributed by atoms with Crippen LogP contribution in [0.15, 0.2) is 12.1 Å². The molecule has 0 saturated carbocycles. The summed E-state index contributed by atoms with van der Waals surface area (Å²) in [5, 5.41) is 11.3. The Morgan fingerprint density at radius 2 is 2.06 bits per heavy atom. The van der Waals surface area contributed by atoms with Gasteiger partial charge in [0.05, 0.1) is 21.6 Å². The van der Waals surface area contributed by atoms with E-state index in [1.807, 2.05) is 0 Å². The summed E-state index contributed by atoms with van der Waals surface area (Å²) in [7, 11) is 1.52. The van der Waals surface area contributed by atoms with Gasteiger partial charge < -0.3 is 10.5 Å². The summed E-state index contributed by atoms with van der Waals surface area (Å²) in [6.07, 6.45) is 0.307. The molecule has 1 atom stereocenters. The highest BCUT2D eigenvalue weighted by atomic mass is 35.5. The first-order valence-corrected chi connectivity index (χ1v) is 5.58. The highest BCUT2D eigenvalue weighted by molar-refractivity contribution is 6.42. The Labute approximate surface area is 109 Å². The Hall–Kier alpha value is -0.880. The minimum atomic E-state index is -0.503. The average molecular weight is 279 g/mol. The molecule has 0 amide bonds. The largest absolute Gasteiger partial charge is 0.383 e. The number of hydrogen-bond acceptors (Lipinski definition) is 4. The van der Waals surface area contributed by atoms with Crippen molar-refractivity contribution < 1.29 is 9.66 Å². The zero-order chi connectivity index (χ0) is 13.0. The maximum atomic E-state index is 10.9. The lowest BCUT2D eigenvalue weighted by molar-refractivity contribution is -0.385. The van der Waals surface area contributed by atoms with Crippen LogP contribution in [0.1, 0.15) is 5.56 Å². The van der Waals surface area contributed by atoms with Gasteiger partial charge in [0.2, 0.25) is 0 Å². The topological polar surface area (TPSA) is 78.4 Å². The third-order valence-corrected chi connectivity index (χ3v) is 2.90. The number of hydrogen-bond donors (Lipinski definition) is 1. The number of ether oxygens (including phenoxy) is 1. The minimum absolute atomic E-state index is 0.0778. The molecule has 0 aliphatic heterocycles. The molecule has 0 bridgehead atoms. The highest BCUT2D eigenvalue weighted by Crippen LogP contribution is 2.31. The van der Waals surface area contributed by atoms with Crippen LogP contribution in [0.5, 0.6) is 0 Å². The van der Waals surface area contributed by atoms with Crippen molar-refractivity contribution in [1.82, 2.24) is 0 Å². The van der Waals surface area contributed by atoms with Crippen molar-refractivity contribution in [2.45, 2.75) is 12.5 Å². The van der Waals surface area contributed by atoms with Crippen LogP contribution in [0.2, 0.25) is 10.0 Å². The predicted molar refractivity (Wildman–Crippen MR) is 66.7 cm³/mol. The quantitative estimate of drug-likeness (QED) is 0.663. The third-order valence-electron chi connectivity index (χ3n) is 2.18. The summed E-state index contributed by atoms with van der Waals surface area (Å²) >= 11 is 11.6. The molecule has 1 aromatic carbocycles. The maximum absolute atomic E-state index is 10.9. The number of nitrogens with zero attached hydrogens (tertiary/aromatic N) is 1. The molecule has 2 N–H and O–H groups in total. The standard InChI is InChI=1S/C10H12Cl2N2O3/c1-17-5-7(13)2-6-3-8(11)9(12)4-10(6)14(15)16/h3-4,7H,2,5,13H2,1H3. The Kier molecular flexibility index (Phi) is 5.14. The van der Waals surface area contributed by atoms with Crippen LogP contribution in [-0.2, 0) is 11.2 Å². The van der Waals surface area contributed by atoms with Crippen molar-refractivity contribution in [1.29, 1.82) is 0 Å². The highest BCUT2D eigenvalue weighted by Gasteiger charge is 2.18. The summed E-state index contributed by atoms with van der Waals surface area (Å²) < 4.78 is 4.88. The maximum Gasteiger partial charge on any atom is 0.274 e. The monoisotopic (exact) mass is 278 g/mol. The summed E-state index contributed by atoms with van der Waals surface area (Å²) in [5.74, 6) is 0. The first kappa shape index (κ1) is 14.2. The van der Waals surface area contributed by atoms with Crippen LogP contribution in [0, 0.1) is 10.1 Å². The van der Waals surface area contributed by atoms with Crippen LogP contribution in [0.25, 0.3) is 0 Å². The Bertz CT molecular complexity index is 426. The summed E-state index contributed by atoms with van der Waals surface area (Å²) in [6, 6.07) is 2.38. The van der Waals surface area contributed by atoms with Gasteiger partial charge in [-0.15, -0.1) is 0 Å². The molecule has 17 heavy (non-hydrogen) atoms. The summed E-state index contributed by atoms with van der Waals surface area (Å²) in [5.41, 5.74) is 6.12. The average Bonchev–Trinajstić information content (AvgIpc) is 2.23. The van der Waals surface area contributed by atoms with Gasteiger partial charge >= 0.3 is 0 Å². The van der Waals surface area contributed by atoms with Gasteiger partial charge in [0.25, 0.3) is 5.69 Å². The molecule has 1 unspecified atom stereocenters. The van der Waals surface area contributed by atoms with Crippen molar-refractivity contribution in [3.63, 3.8) is 0 Å². The van der Waals surface area contributed by atoms with Gasteiger partial charge in [-0.1, -0.05) is 23.2 Å². The van der Waals surface area contributed by atoms with Gasteiger partial charge in [0.1, 0.15) is 0 Å². The molecule has 0 spiro atoms. The second-order valence-corrected chi connectivity index (χ2v) is 4.39. The molecule has 0 heterocycles.